The van der Waals surface area contributed by atoms with Gasteiger partial charge in [0.15, 0.2) is 17.4 Å². The molecule has 0 bridgehead atoms. The third kappa shape index (κ3) is 5.12. The van der Waals surface area contributed by atoms with Crippen molar-refractivity contribution >= 4 is 0 Å². The molecule has 0 atom stereocenters. The van der Waals surface area contributed by atoms with E-state index in [0.29, 0.717) is 24.8 Å². The van der Waals surface area contributed by atoms with Crippen molar-refractivity contribution in [2.45, 2.75) is 26.2 Å². The number of halogens is 7. The second kappa shape index (κ2) is 9.89. The Morgan fingerprint density at radius 1 is 0.781 bits per heavy atom. The highest BCUT2D eigenvalue weighted by Gasteiger charge is 2.20. The van der Waals surface area contributed by atoms with E-state index in [2.05, 4.69) is 4.74 Å². The fraction of sp³-hybridized carbons (Fsp3) is 0.167. The summed E-state index contributed by atoms with van der Waals surface area (Å²) in [5.74, 6) is -6.68. The topological polar surface area (TPSA) is 9.23 Å². The van der Waals surface area contributed by atoms with Gasteiger partial charge in [0.05, 0.1) is 11.8 Å². The summed E-state index contributed by atoms with van der Waals surface area (Å²) in [6.07, 6.45) is -0.778. The molecule has 0 N–H and O–H groups in total. The summed E-state index contributed by atoms with van der Waals surface area (Å²) in [5, 5.41) is 0. The molecular formula is C24H17F7O. The molecule has 8 heteroatoms. The van der Waals surface area contributed by atoms with Crippen molar-refractivity contribution < 1.29 is 35.5 Å². The van der Waals surface area contributed by atoms with Crippen LogP contribution in [-0.4, -0.2) is 6.43 Å². The van der Waals surface area contributed by atoms with Gasteiger partial charge in [-0.15, -0.1) is 0 Å². The fourth-order valence-corrected chi connectivity index (χ4v) is 3.22. The number of rotatable bonds is 7. The minimum atomic E-state index is -2.89. The molecule has 168 valence electrons. The van der Waals surface area contributed by atoms with Gasteiger partial charge in [0.2, 0.25) is 0 Å². The Bertz CT molecular complexity index is 1110. The van der Waals surface area contributed by atoms with Crippen molar-refractivity contribution in [3.05, 3.63) is 89.5 Å². The first-order chi connectivity index (χ1) is 15.2. The first-order valence-corrected chi connectivity index (χ1v) is 9.60. The Balaban J connectivity index is 1.98. The third-order valence-electron chi connectivity index (χ3n) is 4.62. The van der Waals surface area contributed by atoms with Crippen LogP contribution in [0.1, 0.15) is 18.9 Å². The van der Waals surface area contributed by atoms with Crippen LogP contribution in [0.15, 0.2) is 54.8 Å². The predicted molar refractivity (Wildman–Crippen MR) is 107 cm³/mol. The first kappa shape index (κ1) is 23.4. The van der Waals surface area contributed by atoms with Crippen LogP contribution in [-0.2, 0) is 6.42 Å². The van der Waals surface area contributed by atoms with E-state index in [1.54, 1.807) is 6.07 Å². The van der Waals surface area contributed by atoms with Gasteiger partial charge in [0.25, 0.3) is 6.43 Å². The number of benzene rings is 3. The van der Waals surface area contributed by atoms with E-state index in [1.165, 1.54) is 12.1 Å². The molecule has 0 spiro atoms. The van der Waals surface area contributed by atoms with E-state index in [0.717, 1.165) is 24.1 Å². The lowest BCUT2D eigenvalue weighted by Gasteiger charge is -2.12. The SMILES string of the molecule is CCCc1ccc(-c2cc(F)c(-c3cc(F)c(O/C=C/C(F)F)c(F)c3)c(F)c2)c(F)c1. The van der Waals surface area contributed by atoms with Gasteiger partial charge in [-0.1, -0.05) is 25.5 Å². The standard InChI is InChI=1S/C24H17F7O/c1-2-3-13-4-5-16(17(25)8-13)14-9-18(26)23(19(27)10-14)15-11-20(28)24(21(29)12-15)32-7-6-22(30)31/h4-12,22H,2-3H2,1H3/b7-6+. The van der Waals surface area contributed by atoms with Crippen molar-refractivity contribution in [1.29, 1.82) is 0 Å². The van der Waals surface area contributed by atoms with Gasteiger partial charge >= 0.3 is 0 Å². The smallest absolute Gasteiger partial charge is 0.260 e. The number of hydrogen-bond donors (Lipinski definition) is 0. The molecule has 0 aliphatic rings. The number of alkyl halides is 2. The van der Waals surface area contributed by atoms with E-state index >= 15 is 0 Å². The maximum Gasteiger partial charge on any atom is 0.260 e. The maximum absolute atomic E-state index is 14.7. The molecule has 0 unspecified atom stereocenters. The molecule has 0 heterocycles. The van der Waals surface area contributed by atoms with Crippen molar-refractivity contribution in [3.63, 3.8) is 0 Å². The zero-order chi connectivity index (χ0) is 23.4. The van der Waals surface area contributed by atoms with Crippen LogP contribution in [0.25, 0.3) is 22.3 Å². The average molecular weight is 454 g/mol. The molecule has 32 heavy (non-hydrogen) atoms. The minimum Gasteiger partial charge on any atom is -0.459 e. The van der Waals surface area contributed by atoms with Gasteiger partial charge in [-0.25, -0.2) is 30.7 Å². The van der Waals surface area contributed by atoms with Crippen LogP contribution in [0, 0.1) is 29.1 Å². The Kier molecular flexibility index (Phi) is 7.22. The molecular weight excluding hydrogens is 437 g/mol. The molecule has 0 saturated heterocycles. The predicted octanol–water partition coefficient (Wildman–Crippen LogP) is 7.83. The van der Waals surface area contributed by atoms with Gasteiger partial charge in [-0.3, -0.25) is 0 Å². The highest BCUT2D eigenvalue weighted by molar-refractivity contribution is 5.72. The van der Waals surface area contributed by atoms with Crippen molar-refractivity contribution in [3.8, 4) is 28.0 Å². The van der Waals surface area contributed by atoms with Crippen LogP contribution >= 0.6 is 0 Å². The normalized spacial score (nSPS) is 11.5. The van der Waals surface area contributed by atoms with Crippen molar-refractivity contribution in [2.24, 2.45) is 0 Å². The summed E-state index contributed by atoms with van der Waals surface area (Å²) in [6, 6.07) is 7.29. The quantitative estimate of drug-likeness (QED) is 0.261. The monoisotopic (exact) mass is 454 g/mol. The lowest BCUT2D eigenvalue weighted by atomic mass is 9.97. The highest BCUT2D eigenvalue weighted by Crippen LogP contribution is 2.35. The van der Waals surface area contributed by atoms with E-state index < -0.39 is 52.4 Å². The van der Waals surface area contributed by atoms with E-state index in [4.69, 9.17) is 0 Å². The van der Waals surface area contributed by atoms with Crippen LogP contribution in [0.4, 0.5) is 30.7 Å². The Labute approximate surface area is 179 Å². The third-order valence-corrected chi connectivity index (χ3v) is 4.62. The van der Waals surface area contributed by atoms with Crippen molar-refractivity contribution in [1.82, 2.24) is 0 Å². The Morgan fingerprint density at radius 2 is 1.38 bits per heavy atom. The fourth-order valence-electron chi connectivity index (χ4n) is 3.22. The van der Waals surface area contributed by atoms with Gasteiger partial charge in [0.1, 0.15) is 17.5 Å². The molecule has 3 aromatic rings. The summed E-state index contributed by atoms with van der Waals surface area (Å²) >= 11 is 0. The number of hydrogen-bond acceptors (Lipinski definition) is 1. The molecule has 3 rings (SSSR count). The molecule has 0 fully saturated rings. The molecule has 0 aromatic heterocycles. The van der Waals surface area contributed by atoms with E-state index in [1.807, 2.05) is 6.92 Å². The summed E-state index contributed by atoms with van der Waals surface area (Å²) in [5.41, 5.74) is -0.582. The maximum atomic E-state index is 14.7. The molecule has 0 saturated carbocycles. The summed E-state index contributed by atoms with van der Waals surface area (Å²) in [6.45, 7) is 1.93. The molecule has 3 aromatic carbocycles. The molecule has 0 radical (unpaired) electrons. The molecule has 0 aliphatic carbocycles. The number of ether oxygens (including phenoxy) is 1. The van der Waals surface area contributed by atoms with Crippen LogP contribution in [0.3, 0.4) is 0 Å². The molecule has 1 nitrogen and oxygen atoms in total. The summed E-state index contributed by atoms with van der Waals surface area (Å²) in [4.78, 5) is 0. The number of allylic oxidation sites excluding steroid dienone is 1. The van der Waals surface area contributed by atoms with Crippen molar-refractivity contribution in [2.75, 3.05) is 0 Å². The lowest BCUT2D eigenvalue weighted by molar-refractivity contribution is 0.200. The number of aryl methyl sites for hydroxylation is 1. The summed E-state index contributed by atoms with van der Waals surface area (Å²) < 4.78 is 101. The lowest BCUT2D eigenvalue weighted by Crippen LogP contribution is -1.98. The molecule has 0 amide bonds. The van der Waals surface area contributed by atoms with Gasteiger partial charge in [0, 0.05) is 11.6 Å². The average Bonchev–Trinajstić information content (AvgIpc) is 2.69. The minimum absolute atomic E-state index is 0.0267. The second-order valence-corrected chi connectivity index (χ2v) is 6.93. The summed E-state index contributed by atoms with van der Waals surface area (Å²) in [7, 11) is 0. The second-order valence-electron chi connectivity index (χ2n) is 6.93. The largest absolute Gasteiger partial charge is 0.459 e. The zero-order valence-corrected chi connectivity index (χ0v) is 16.7. The van der Waals surface area contributed by atoms with Gasteiger partial charge in [-0.05, 0) is 53.4 Å². The van der Waals surface area contributed by atoms with Crippen LogP contribution in [0.5, 0.6) is 5.75 Å². The molecule has 0 aliphatic heterocycles. The Hall–Kier alpha value is -3.29. The highest BCUT2D eigenvalue weighted by atomic mass is 19.3. The van der Waals surface area contributed by atoms with Crippen LogP contribution in [0.2, 0.25) is 0 Å². The first-order valence-electron chi connectivity index (χ1n) is 9.60. The van der Waals surface area contributed by atoms with Gasteiger partial charge < -0.3 is 4.74 Å². The Morgan fingerprint density at radius 3 is 1.91 bits per heavy atom. The van der Waals surface area contributed by atoms with E-state index in [-0.39, 0.29) is 17.2 Å². The zero-order valence-electron chi connectivity index (χ0n) is 16.7. The van der Waals surface area contributed by atoms with Crippen LogP contribution < -0.4 is 4.74 Å². The van der Waals surface area contributed by atoms with Gasteiger partial charge in [-0.2, -0.15) is 0 Å². The van der Waals surface area contributed by atoms with E-state index in [9.17, 15) is 30.7 Å².